The maximum absolute atomic E-state index is 4.10. The van der Waals surface area contributed by atoms with E-state index >= 15 is 0 Å². The fourth-order valence-electron chi connectivity index (χ4n) is 0.716. The van der Waals surface area contributed by atoms with E-state index in [1.54, 1.807) is 22.8 Å². The number of rotatable bonds is 3. The van der Waals surface area contributed by atoms with Crippen molar-refractivity contribution in [2.24, 2.45) is 7.05 Å². The van der Waals surface area contributed by atoms with Crippen LogP contribution in [-0.4, -0.2) is 20.5 Å². The second-order valence-corrected chi connectivity index (χ2v) is 3.21. The Hall–Kier alpha value is -0.950. The first kappa shape index (κ1) is 9.14. The Labute approximate surface area is 76.6 Å². The molecule has 1 aromatic heterocycles. The van der Waals surface area contributed by atoms with Gasteiger partial charge in [0.1, 0.15) is 12.2 Å². The van der Waals surface area contributed by atoms with Gasteiger partial charge in [0.25, 0.3) is 0 Å². The predicted molar refractivity (Wildman–Crippen MR) is 50.6 cm³/mol. The summed E-state index contributed by atoms with van der Waals surface area (Å²) >= 11 is 1.75. The van der Waals surface area contributed by atoms with Gasteiger partial charge in [-0.15, -0.1) is 17.7 Å². The average Bonchev–Trinajstić information content (AvgIpc) is 2.46. The molecule has 0 amide bonds. The van der Waals surface area contributed by atoms with Crippen molar-refractivity contribution in [2.45, 2.75) is 12.7 Å². The topological polar surface area (TPSA) is 30.7 Å². The van der Waals surface area contributed by atoms with Gasteiger partial charge in [0, 0.05) is 7.05 Å². The minimum Gasteiger partial charge on any atom is -0.252 e. The molecule has 0 unspecified atom stereocenters. The van der Waals surface area contributed by atoms with E-state index in [9.17, 15) is 0 Å². The van der Waals surface area contributed by atoms with Crippen LogP contribution < -0.4 is 0 Å². The lowest BCUT2D eigenvalue weighted by atomic mass is 10.7. The Morgan fingerprint density at radius 2 is 2.50 bits per heavy atom. The summed E-state index contributed by atoms with van der Waals surface area (Å²) in [5.41, 5.74) is 0. The smallest absolute Gasteiger partial charge is 0.138 e. The number of thioether (sulfide) groups is 1. The highest BCUT2D eigenvalue weighted by molar-refractivity contribution is 7.98. The van der Waals surface area contributed by atoms with E-state index in [1.807, 2.05) is 14.0 Å². The first-order chi connectivity index (χ1) is 5.84. The van der Waals surface area contributed by atoms with E-state index in [0.717, 1.165) is 17.3 Å². The van der Waals surface area contributed by atoms with Crippen molar-refractivity contribution < 1.29 is 0 Å². The van der Waals surface area contributed by atoms with Gasteiger partial charge in [-0.2, -0.15) is 5.10 Å². The summed E-state index contributed by atoms with van der Waals surface area (Å²) in [4.78, 5) is 4.10. The molecule has 0 N–H and O–H groups in total. The van der Waals surface area contributed by atoms with Gasteiger partial charge in [-0.3, -0.25) is 4.68 Å². The molecule has 0 aliphatic carbocycles. The summed E-state index contributed by atoms with van der Waals surface area (Å²) < 4.78 is 1.78. The Morgan fingerprint density at radius 1 is 1.67 bits per heavy atom. The largest absolute Gasteiger partial charge is 0.252 e. The Morgan fingerprint density at radius 3 is 3.08 bits per heavy atom. The van der Waals surface area contributed by atoms with Crippen LogP contribution in [0, 0.1) is 11.8 Å². The van der Waals surface area contributed by atoms with Crippen LogP contribution in [0.25, 0.3) is 0 Å². The molecule has 1 heterocycles. The zero-order valence-electron chi connectivity index (χ0n) is 7.24. The van der Waals surface area contributed by atoms with E-state index in [0.29, 0.717) is 0 Å². The molecule has 4 heteroatoms. The van der Waals surface area contributed by atoms with Crippen molar-refractivity contribution in [3.63, 3.8) is 0 Å². The minimum absolute atomic E-state index is 0.864. The van der Waals surface area contributed by atoms with Gasteiger partial charge in [-0.05, 0) is 6.92 Å². The van der Waals surface area contributed by atoms with Gasteiger partial charge in [0.15, 0.2) is 0 Å². The van der Waals surface area contributed by atoms with Crippen LogP contribution >= 0.6 is 11.8 Å². The summed E-state index contributed by atoms with van der Waals surface area (Å²) in [5.74, 6) is 8.58. The highest BCUT2D eigenvalue weighted by Crippen LogP contribution is 2.06. The molecule has 12 heavy (non-hydrogen) atoms. The van der Waals surface area contributed by atoms with Gasteiger partial charge < -0.3 is 0 Å². The number of hydrogen-bond acceptors (Lipinski definition) is 3. The van der Waals surface area contributed by atoms with Crippen molar-refractivity contribution in [3.8, 4) is 11.8 Å². The van der Waals surface area contributed by atoms with Crippen molar-refractivity contribution >= 4 is 11.8 Å². The third-order valence-corrected chi connectivity index (χ3v) is 2.20. The molecule has 3 nitrogen and oxygen atoms in total. The minimum atomic E-state index is 0.864. The summed E-state index contributed by atoms with van der Waals surface area (Å²) in [5, 5.41) is 3.97. The fourth-order valence-corrected chi connectivity index (χ4v) is 1.51. The zero-order valence-corrected chi connectivity index (χ0v) is 8.06. The number of hydrogen-bond donors (Lipinski definition) is 0. The van der Waals surface area contributed by atoms with Crippen LogP contribution in [0.15, 0.2) is 6.33 Å². The maximum Gasteiger partial charge on any atom is 0.138 e. The highest BCUT2D eigenvalue weighted by Gasteiger charge is 1.97. The van der Waals surface area contributed by atoms with Gasteiger partial charge in [-0.1, -0.05) is 5.92 Å². The standard InChI is InChI=1S/C8H11N3S/c1-3-4-5-12-6-8-9-7-10-11(8)2/h7H,5-6H2,1-2H3. The van der Waals surface area contributed by atoms with E-state index in [1.165, 1.54) is 0 Å². The van der Waals surface area contributed by atoms with Crippen molar-refractivity contribution in [1.29, 1.82) is 0 Å². The molecule has 0 aliphatic rings. The molecular weight excluding hydrogens is 170 g/mol. The first-order valence-corrected chi connectivity index (χ1v) is 4.80. The van der Waals surface area contributed by atoms with Gasteiger partial charge in [-0.25, -0.2) is 4.98 Å². The molecule has 1 rings (SSSR count). The third kappa shape index (κ3) is 2.59. The molecule has 0 spiro atoms. The average molecular weight is 181 g/mol. The highest BCUT2D eigenvalue weighted by atomic mass is 32.2. The van der Waals surface area contributed by atoms with Crippen LogP contribution in [0.4, 0.5) is 0 Å². The third-order valence-electron chi connectivity index (χ3n) is 1.39. The van der Waals surface area contributed by atoms with Crippen LogP contribution in [0.2, 0.25) is 0 Å². The lowest BCUT2D eigenvalue weighted by Crippen LogP contribution is -1.97. The second-order valence-electron chi connectivity index (χ2n) is 2.22. The molecule has 0 bridgehead atoms. The van der Waals surface area contributed by atoms with E-state index in [2.05, 4.69) is 21.9 Å². The predicted octanol–water partition coefficient (Wildman–Crippen LogP) is 1.07. The Kier molecular flexibility index (Phi) is 3.68. The number of aromatic nitrogens is 3. The molecule has 0 saturated heterocycles. The quantitative estimate of drug-likeness (QED) is 0.516. The van der Waals surface area contributed by atoms with Gasteiger partial charge in [0.05, 0.1) is 11.5 Å². The molecule has 0 aliphatic heterocycles. The van der Waals surface area contributed by atoms with Gasteiger partial charge >= 0.3 is 0 Å². The normalized spacial score (nSPS) is 9.17. The maximum atomic E-state index is 4.10. The van der Waals surface area contributed by atoms with Crippen LogP contribution in [0.3, 0.4) is 0 Å². The van der Waals surface area contributed by atoms with Gasteiger partial charge in [0.2, 0.25) is 0 Å². The molecule has 0 radical (unpaired) electrons. The first-order valence-electron chi connectivity index (χ1n) is 3.65. The van der Waals surface area contributed by atoms with Crippen molar-refractivity contribution in [2.75, 3.05) is 5.75 Å². The lowest BCUT2D eigenvalue weighted by Gasteiger charge is -1.96. The number of nitrogens with zero attached hydrogens (tertiary/aromatic N) is 3. The molecule has 0 fully saturated rings. The Balaban J connectivity index is 2.32. The molecule has 0 saturated carbocycles. The van der Waals surface area contributed by atoms with E-state index < -0.39 is 0 Å². The summed E-state index contributed by atoms with van der Waals surface area (Å²) in [7, 11) is 1.90. The summed E-state index contributed by atoms with van der Waals surface area (Å²) in [6.45, 7) is 1.85. The van der Waals surface area contributed by atoms with Crippen LogP contribution in [-0.2, 0) is 12.8 Å². The molecule has 1 aromatic rings. The molecule has 0 atom stereocenters. The molecular formula is C8H11N3S. The SMILES string of the molecule is CC#CCSCc1ncnn1C. The van der Waals surface area contributed by atoms with E-state index in [-0.39, 0.29) is 0 Å². The molecule has 0 aromatic carbocycles. The monoisotopic (exact) mass is 181 g/mol. The van der Waals surface area contributed by atoms with Crippen molar-refractivity contribution in [3.05, 3.63) is 12.2 Å². The van der Waals surface area contributed by atoms with Crippen LogP contribution in [0.5, 0.6) is 0 Å². The van der Waals surface area contributed by atoms with Crippen molar-refractivity contribution in [1.82, 2.24) is 14.8 Å². The second kappa shape index (κ2) is 4.83. The summed E-state index contributed by atoms with van der Waals surface area (Å²) in [6, 6.07) is 0. The zero-order chi connectivity index (χ0) is 8.81. The molecule has 64 valence electrons. The lowest BCUT2D eigenvalue weighted by molar-refractivity contribution is 0.730. The van der Waals surface area contributed by atoms with E-state index in [4.69, 9.17) is 0 Å². The number of aryl methyl sites for hydroxylation is 1. The summed E-state index contributed by atoms with van der Waals surface area (Å²) in [6.07, 6.45) is 1.57. The van der Waals surface area contributed by atoms with Crippen LogP contribution in [0.1, 0.15) is 12.7 Å². The fraction of sp³-hybridized carbons (Fsp3) is 0.500. The Bertz CT molecular complexity index is 295.